The molecule has 1 aromatic rings. The molecule has 0 bridgehead atoms. The van der Waals surface area contributed by atoms with Gasteiger partial charge in [-0.15, -0.1) is 0 Å². The van der Waals surface area contributed by atoms with Crippen molar-refractivity contribution >= 4 is 0 Å². The SMILES string of the molecule is CC.CCc1cccc(O)c1.CNC. The molecule has 0 saturated heterocycles. The Hall–Kier alpha value is -1.02. The predicted octanol–water partition coefficient (Wildman–Crippen LogP) is 2.82. The van der Waals surface area contributed by atoms with E-state index in [4.69, 9.17) is 5.11 Å². The first-order chi connectivity index (χ1) is 6.74. The summed E-state index contributed by atoms with van der Waals surface area (Å²) >= 11 is 0. The Morgan fingerprint density at radius 1 is 1.21 bits per heavy atom. The molecule has 0 aliphatic heterocycles. The Kier molecular flexibility index (Phi) is 13.2. The second-order valence-electron chi connectivity index (χ2n) is 2.52. The topological polar surface area (TPSA) is 32.3 Å². The second kappa shape index (κ2) is 12.0. The van der Waals surface area contributed by atoms with E-state index in [0.717, 1.165) is 6.42 Å². The molecule has 0 radical (unpaired) electrons. The Morgan fingerprint density at radius 2 is 1.71 bits per heavy atom. The molecule has 2 heteroatoms. The molecule has 0 aliphatic carbocycles. The van der Waals surface area contributed by atoms with Crippen LogP contribution in [-0.2, 0) is 6.42 Å². The molecule has 0 fully saturated rings. The summed E-state index contributed by atoms with van der Waals surface area (Å²) in [5.74, 6) is 0.356. The summed E-state index contributed by atoms with van der Waals surface area (Å²) < 4.78 is 0. The van der Waals surface area contributed by atoms with E-state index >= 15 is 0 Å². The van der Waals surface area contributed by atoms with E-state index in [2.05, 4.69) is 12.2 Å². The minimum atomic E-state index is 0.356. The molecule has 0 atom stereocenters. The highest BCUT2D eigenvalue weighted by molar-refractivity contribution is 5.26. The van der Waals surface area contributed by atoms with Gasteiger partial charge in [0.2, 0.25) is 0 Å². The zero-order valence-corrected chi connectivity index (χ0v) is 9.96. The van der Waals surface area contributed by atoms with Gasteiger partial charge in [0.25, 0.3) is 0 Å². The molecule has 0 unspecified atom stereocenters. The van der Waals surface area contributed by atoms with E-state index in [1.165, 1.54) is 5.56 Å². The molecule has 0 spiro atoms. The smallest absolute Gasteiger partial charge is 0.115 e. The van der Waals surface area contributed by atoms with E-state index in [9.17, 15) is 0 Å². The van der Waals surface area contributed by atoms with Gasteiger partial charge in [0, 0.05) is 0 Å². The molecule has 1 aromatic carbocycles. The maximum absolute atomic E-state index is 8.94. The highest BCUT2D eigenvalue weighted by atomic mass is 16.3. The summed E-state index contributed by atoms with van der Waals surface area (Å²) in [4.78, 5) is 0. The fourth-order valence-corrected chi connectivity index (χ4v) is 0.776. The van der Waals surface area contributed by atoms with Gasteiger partial charge >= 0.3 is 0 Å². The fourth-order valence-electron chi connectivity index (χ4n) is 0.776. The first-order valence-electron chi connectivity index (χ1n) is 5.11. The van der Waals surface area contributed by atoms with Gasteiger partial charge in [-0.3, -0.25) is 0 Å². The van der Waals surface area contributed by atoms with Crippen molar-refractivity contribution in [1.82, 2.24) is 5.32 Å². The first-order valence-corrected chi connectivity index (χ1v) is 5.11. The monoisotopic (exact) mass is 197 g/mol. The molecule has 2 N–H and O–H groups in total. The lowest BCUT2D eigenvalue weighted by molar-refractivity contribution is 0.474. The van der Waals surface area contributed by atoms with Crippen molar-refractivity contribution in [3.63, 3.8) is 0 Å². The van der Waals surface area contributed by atoms with Gasteiger partial charge in [-0.1, -0.05) is 32.9 Å². The second-order valence-corrected chi connectivity index (χ2v) is 2.52. The molecule has 0 amide bonds. The van der Waals surface area contributed by atoms with Crippen molar-refractivity contribution in [2.75, 3.05) is 14.1 Å². The highest BCUT2D eigenvalue weighted by Crippen LogP contribution is 2.10. The van der Waals surface area contributed by atoms with Gasteiger partial charge in [0.1, 0.15) is 5.75 Å². The Morgan fingerprint density at radius 3 is 2.00 bits per heavy atom. The number of phenolic OH excluding ortho intramolecular Hbond substituents is 1. The summed E-state index contributed by atoms with van der Waals surface area (Å²) in [5.41, 5.74) is 1.18. The number of aryl methyl sites for hydroxylation is 1. The number of benzene rings is 1. The zero-order chi connectivity index (χ0) is 11.4. The average molecular weight is 197 g/mol. The molecule has 0 saturated carbocycles. The van der Waals surface area contributed by atoms with Crippen LogP contribution in [0, 0.1) is 0 Å². The van der Waals surface area contributed by atoms with Crippen LogP contribution in [0.25, 0.3) is 0 Å². The molecular weight excluding hydrogens is 174 g/mol. The van der Waals surface area contributed by atoms with E-state index in [1.807, 2.05) is 40.1 Å². The van der Waals surface area contributed by atoms with E-state index in [-0.39, 0.29) is 0 Å². The summed E-state index contributed by atoms with van der Waals surface area (Å²) in [5, 5.41) is 11.7. The normalized spacial score (nSPS) is 7.79. The Bertz CT molecular complexity index is 211. The number of nitrogens with one attached hydrogen (secondary N) is 1. The molecule has 0 heterocycles. The van der Waals surface area contributed by atoms with E-state index in [1.54, 1.807) is 12.1 Å². The summed E-state index contributed by atoms with van der Waals surface area (Å²) in [7, 11) is 3.75. The summed E-state index contributed by atoms with van der Waals surface area (Å²) in [6.07, 6.45) is 0.981. The van der Waals surface area contributed by atoms with Gasteiger partial charge < -0.3 is 10.4 Å². The fraction of sp³-hybridized carbons (Fsp3) is 0.500. The molecule has 2 nitrogen and oxygen atoms in total. The van der Waals surface area contributed by atoms with Crippen molar-refractivity contribution in [3.8, 4) is 5.75 Å². The van der Waals surface area contributed by atoms with Gasteiger partial charge in [-0.25, -0.2) is 0 Å². The van der Waals surface area contributed by atoms with Crippen LogP contribution >= 0.6 is 0 Å². The van der Waals surface area contributed by atoms with Crippen LogP contribution in [0.15, 0.2) is 24.3 Å². The van der Waals surface area contributed by atoms with Crippen molar-refractivity contribution < 1.29 is 5.11 Å². The average Bonchev–Trinajstić information content (AvgIpc) is 2.22. The Labute approximate surface area is 88.0 Å². The van der Waals surface area contributed by atoms with Gasteiger partial charge in [0.05, 0.1) is 0 Å². The standard InChI is InChI=1S/C8H10O.C2H7N.C2H6/c1-2-7-4-3-5-8(9)6-7;1-3-2;1-2/h3-6,9H,2H2,1H3;3H,1-2H3;1-2H3. The van der Waals surface area contributed by atoms with Crippen molar-refractivity contribution in [3.05, 3.63) is 29.8 Å². The minimum absolute atomic E-state index is 0.356. The predicted molar refractivity (Wildman–Crippen MR) is 63.8 cm³/mol. The lowest BCUT2D eigenvalue weighted by Crippen LogP contribution is -1.89. The minimum Gasteiger partial charge on any atom is -0.508 e. The van der Waals surface area contributed by atoms with Crippen LogP contribution in [0.1, 0.15) is 26.3 Å². The lowest BCUT2D eigenvalue weighted by atomic mass is 10.2. The van der Waals surface area contributed by atoms with Crippen LogP contribution in [0.2, 0.25) is 0 Å². The third kappa shape index (κ3) is 9.07. The van der Waals surface area contributed by atoms with E-state index in [0.29, 0.717) is 5.75 Å². The van der Waals surface area contributed by atoms with Crippen LogP contribution in [0.4, 0.5) is 0 Å². The maximum atomic E-state index is 8.94. The van der Waals surface area contributed by atoms with Crippen LogP contribution in [0.3, 0.4) is 0 Å². The molecular formula is C12H23NO. The molecule has 0 aromatic heterocycles. The van der Waals surface area contributed by atoms with Gasteiger partial charge in [-0.05, 0) is 38.2 Å². The molecule has 82 valence electrons. The number of rotatable bonds is 1. The number of hydrogen-bond acceptors (Lipinski definition) is 2. The number of aromatic hydroxyl groups is 1. The first kappa shape index (κ1) is 15.5. The highest BCUT2D eigenvalue weighted by Gasteiger charge is 1.87. The maximum Gasteiger partial charge on any atom is 0.115 e. The van der Waals surface area contributed by atoms with Crippen molar-refractivity contribution in [2.24, 2.45) is 0 Å². The van der Waals surface area contributed by atoms with Crippen LogP contribution < -0.4 is 5.32 Å². The van der Waals surface area contributed by atoms with E-state index < -0.39 is 0 Å². The quantitative estimate of drug-likeness (QED) is 0.725. The molecule has 0 aliphatic rings. The number of hydrogen-bond donors (Lipinski definition) is 2. The van der Waals surface area contributed by atoms with Crippen LogP contribution in [0.5, 0.6) is 5.75 Å². The van der Waals surface area contributed by atoms with Crippen LogP contribution in [-0.4, -0.2) is 19.2 Å². The third-order valence-corrected chi connectivity index (χ3v) is 1.32. The number of phenols is 1. The van der Waals surface area contributed by atoms with Crippen molar-refractivity contribution in [2.45, 2.75) is 27.2 Å². The summed E-state index contributed by atoms with van der Waals surface area (Å²) in [6.45, 7) is 6.06. The lowest BCUT2D eigenvalue weighted by Gasteiger charge is -1.94. The van der Waals surface area contributed by atoms with Gasteiger partial charge in [-0.2, -0.15) is 0 Å². The largest absolute Gasteiger partial charge is 0.508 e. The molecule has 14 heavy (non-hydrogen) atoms. The molecule has 1 rings (SSSR count). The van der Waals surface area contributed by atoms with Gasteiger partial charge in [0.15, 0.2) is 0 Å². The third-order valence-electron chi connectivity index (χ3n) is 1.32. The Balaban J connectivity index is 0. The van der Waals surface area contributed by atoms with Crippen molar-refractivity contribution in [1.29, 1.82) is 0 Å². The zero-order valence-electron chi connectivity index (χ0n) is 9.96. The summed E-state index contributed by atoms with van der Waals surface area (Å²) in [6, 6.07) is 7.31.